The molecule has 0 radical (unpaired) electrons. The highest BCUT2D eigenvalue weighted by molar-refractivity contribution is 6.73. The molecule has 1 unspecified atom stereocenters. The Morgan fingerprint density at radius 1 is 1.13 bits per heavy atom. The van der Waals surface area contributed by atoms with E-state index in [0.717, 1.165) is 5.71 Å². The predicted molar refractivity (Wildman–Crippen MR) is 73.5 cm³/mol. The summed E-state index contributed by atoms with van der Waals surface area (Å²) in [5, 5.41) is 4.22. The van der Waals surface area contributed by atoms with Gasteiger partial charge in [0.05, 0.1) is 5.71 Å². The lowest BCUT2D eigenvalue weighted by molar-refractivity contribution is 0.332. The summed E-state index contributed by atoms with van der Waals surface area (Å²) >= 11 is 0. The van der Waals surface area contributed by atoms with E-state index < -0.39 is 16.6 Å². The van der Waals surface area contributed by atoms with Crippen LogP contribution in [0, 0.1) is 0 Å². The van der Waals surface area contributed by atoms with E-state index >= 15 is 0 Å². The quantitative estimate of drug-likeness (QED) is 0.459. The highest BCUT2D eigenvalue weighted by Gasteiger charge is 2.20. The highest BCUT2D eigenvalue weighted by atomic mass is 28.4. The minimum atomic E-state index is -1.53. The molecule has 0 bridgehead atoms. The summed E-state index contributed by atoms with van der Waals surface area (Å²) in [6, 6.07) is 0.313. The van der Waals surface area contributed by atoms with Crippen LogP contribution in [0.5, 0.6) is 0 Å². The van der Waals surface area contributed by atoms with Crippen LogP contribution in [-0.2, 0) is 4.53 Å². The minimum Gasteiger partial charge on any atom is -0.456 e. The van der Waals surface area contributed by atoms with Crippen LogP contribution in [0.1, 0.15) is 13.8 Å². The predicted octanol–water partition coefficient (Wildman–Crippen LogP) is 3.03. The fourth-order valence-corrected chi connectivity index (χ4v) is 2.97. The number of oxime groups is 1. The van der Waals surface area contributed by atoms with Crippen LogP contribution in [-0.4, -0.2) is 28.3 Å². The van der Waals surface area contributed by atoms with Gasteiger partial charge >= 0.3 is 0 Å². The summed E-state index contributed by atoms with van der Waals surface area (Å²) in [5.41, 5.74) is 1.04. The number of hydrogen-bond donors (Lipinski definition) is 1. The first-order valence-corrected chi connectivity index (χ1v) is 12.4. The molecule has 0 aromatic carbocycles. The van der Waals surface area contributed by atoms with Crippen molar-refractivity contribution in [3.05, 3.63) is 0 Å². The molecule has 5 heteroatoms. The summed E-state index contributed by atoms with van der Waals surface area (Å²) in [4.78, 5) is 3.60. The third kappa shape index (κ3) is 8.83. The molecule has 0 rings (SSSR count). The van der Waals surface area contributed by atoms with Gasteiger partial charge in [0.2, 0.25) is 0 Å². The maximum absolute atomic E-state index is 5.53. The van der Waals surface area contributed by atoms with Gasteiger partial charge in [-0.15, -0.1) is 5.16 Å². The van der Waals surface area contributed by atoms with E-state index in [4.69, 9.17) is 4.53 Å². The van der Waals surface area contributed by atoms with Crippen molar-refractivity contribution in [2.24, 2.45) is 5.16 Å². The largest absolute Gasteiger partial charge is 0.456 e. The van der Waals surface area contributed by atoms with Crippen molar-refractivity contribution in [3.63, 3.8) is 0 Å². The van der Waals surface area contributed by atoms with Gasteiger partial charge in [0.25, 0.3) is 8.32 Å². The van der Waals surface area contributed by atoms with Gasteiger partial charge in [-0.25, -0.2) is 0 Å². The Labute approximate surface area is 96.5 Å². The fraction of sp³-hybridized carbons (Fsp3) is 0.900. The summed E-state index contributed by atoms with van der Waals surface area (Å²) in [7, 11) is -2.76. The number of nitrogens with zero attached hydrogens (tertiary/aromatic N) is 1. The van der Waals surface area contributed by atoms with Crippen LogP contribution >= 0.6 is 0 Å². The molecular weight excluding hydrogens is 220 g/mol. The summed E-state index contributed by atoms with van der Waals surface area (Å²) in [5.74, 6) is 0. The molecule has 0 aliphatic carbocycles. The van der Waals surface area contributed by atoms with Gasteiger partial charge in [-0.1, -0.05) is 19.6 Å². The van der Waals surface area contributed by atoms with Crippen LogP contribution < -0.4 is 4.98 Å². The Bertz CT molecular complexity index is 229. The SMILES string of the molecule is CC(=NO[Si](C)(C)C)C(C)N[Si](C)(C)C. The molecule has 0 aromatic rings. The lowest BCUT2D eigenvalue weighted by Gasteiger charge is -2.24. The van der Waals surface area contributed by atoms with E-state index in [1.54, 1.807) is 0 Å². The van der Waals surface area contributed by atoms with Gasteiger partial charge in [0.15, 0.2) is 0 Å². The molecule has 0 amide bonds. The molecule has 0 aliphatic heterocycles. The Hall–Kier alpha value is -0.136. The zero-order valence-electron chi connectivity index (χ0n) is 11.4. The zero-order chi connectivity index (χ0) is 12.3. The van der Waals surface area contributed by atoms with Gasteiger partial charge in [-0.2, -0.15) is 0 Å². The molecule has 1 N–H and O–H groups in total. The first-order valence-electron chi connectivity index (χ1n) is 5.52. The van der Waals surface area contributed by atoms with Crippen molar-refractivity contribution in [3.8, 4) is 0 Å². The minimum absolute atomic E-state index is 0.313. The standard InChI is InChI=1S/C10H26N2OSi2/c1-9(11-13-15(6,7)8)10(2)12-14(3,4)5/h10,12H,1-8H3. The molecule has 0 aliphatic rings. The molecule has 1 atom stereocenters. The lowest BCUT2D eigenvalue weighted by Crippen LogP contribution is -2.49. The van der Waals surface area contributed by atoms with Crippen LogP contribution in [0.2, 0.25) is 39.3 Å². The molecule has 0 fully saturated rings. The molecule has 90 valence electrons. The van der Waals surface area contributed by atoms with Crippen molar-refractivity contribution in [1.29, 1.82) is 0 Å². The highest BCUT2D eigenvalue weighted by Crippen LogP contribution is 2.05. The Morgan fingerprint density at radius 2 is 1.60 bits per heavy atom. The molecule has 0 heterocycles. The zero-order valence-corrected chi connectivity index (χ0v) is 13.4. The van der Waals surface area contributed by atoms with Crippen LogP contribution in [0.25, 0.3) is 0 Å². The van der Waals surface area contributed by atoms with E-state index in [1.165, 1.54) is 0 Å². The van der Waals surface area contributed by atoms with E-state index in [-0.39, 0.29) is 0 Å². The van der Waals surface area contributed by atoms with Crippen molar-refractivity contribution < 1.29 is 4.53 Å². The van der Waals surface area contributed by atoms with Crippen molar-refractivity contribution in [2.75, 3.05) is 0 Å². The van der Waals surface area contributed by atoms with E-state index in [0.29, 0.717) is 6.04 Å². The number of rotatable bonds is 5. The van der Waals surface area contributed by atoms with Crippen molar-refractivity contribution in [2.45, 2.75) is 59.2 Å². The third-order valence-corrected chi connectivity index (χ3v) is 3.68. The van der Waals surface area contributed by atoms with Crippen LogP contribution in [0.4, 0.5) is 0 Å². The average Bonchev–Trinajstić information content (AvgIpc) is 1.95. The van der Waals surface area contributed by atoms with Gasteiger partial charge in [0.1, 0.15) is 8.24 Å². The first-order chi connectivity index (χ1) is 6.51. The van der Waals surface area contributed by atoms with Gasteiger partial charge in [-0.3, -0.25) is 0 Å². The van der Waals surface area contributed by atoms with E-state index in [9.17, 15) is 0 Å². The van der Waals surface area contributed by atoms with Gasteiger partial charge in [-0.05, 0) is 33.5 Å². The molecule has 0 spiro atoms. The Balaban J connectivity index is 4.26. The smallest absolute Gasteiger partial charge is 0.278 e. The normalized spacial score (nSPS) is 16.4. The second kappa shape index (κ2) is 5.27. The Morgan fingerprint density at radius 3 is 1.93 bits per heavy atom. The number of nitrogens with one attached hydrogen (secondary N) is 1. The first kappa shape index (κ1) is 14.9. The molecule has 0 aromatic heterocycles. The second-order valence-electron chi connectivity index (χ2n) is 6.05. The average molecular weight is 247 g/mol. The van der Waals surface area contributed by atoms with E-state index in [2.05, 4.69) is 56.3 Å². The van der Waals surface area contributed by atoms with Crippen molar-refractivity contribution >= 4 is 22.3 Å². The van der Waals surface area contributed by atoms with Gasteiger partial charge < -0.3 is 9.51 Å². The van der Waals surface area contributed by atoms with Gasteiger partial charge in [0, 0.05) is 6.04 Å². The topological polar surface area (TPSA) is 33.6 Å². The maximum atomic E-state index is 5.53. The molecule has 3 nitrogen and oxygen atoms in total. The summed E-state index contributed by atoms with van der Waals surface area (Å²) in [6.45, 7) is 17.5. The lowest BCUT2D eigenvalue weighted by atomic mass is 10.2. The molecule has 15 heavy (non-hydrogen) atoms. The number of hydrogen-bond acceptors (Lipinski definition) is 3. The molecule has 0 saturated heterocycles. The third-order valence-electron chi connectivity index (χ3n) is 1.74. The molecule has 0 saturated carbocycles. The van der Waals surface area contributed by atoms with Crippen LogP contribution in [0.15, 0.2) is 5.16 Å². The van der Waals surface area contributed by atoms with E-state index in [1.807, 2.05) is 6.92 Å². The second-order valence-corrected chi connectivity index (χ2v) is 15.2. The van der Waals surface area contributed by atoms with Crippen molar-refractivity contribution in [1.82, 2.24) is 4.98 Å². The monoisotopic (exact) mass is 246 g/mol. The fourth-order valence-electron chi connectivity index (χ4n) is 1.04. The summed E-state index contributed by atoms with van der Waals surface area (Å²) in [6.07, 6.45) is 0. The Kier molecular flexibility index (Phi) is 5.22. The van der Waals surface area contributed by atoms with Crippen LogP contribution in [0.3, 0.4) is 0 Å². The summed E-state index contributed by atoms with van der Waals surface area (Å²) < 4.78 is 5.53. The maximum Gasteiger partial charge on any atom is 0.278 e. The molecular formula is C10H26N2OSi2.